The summed E-state index contributed by atoms with van der Waals surface area (Å²) in [5, 5.41) is 6.67. The Morgan fingerprint density at radius 3 is 2.59 bits per heavy atom. The quantitative estimate of drug-likeness (QED) is 0.805. The normalized spacial score (nSPS) is 16.3. The second-order valence-corrected chi connectivity index (χ2v) is 8.53. The zero-order chi connectivity index (χ0) is 19.8. The van der Waals surface area contributed by atoms with Crippen molar-refractivity contribution in [2.75, 3.05) is 26.2 Å². The molecule has 0 unspecified atom stereocenters. The Hall–Kier alpha value is -2.46. The number of carbonyl (C=O) groups excluding carboxylic acids is 1. The van der Waals surface area contributed by atoms with E-state index in [1.165, 1.54) is 14.9 Å². The van der Waals surface area contributed by atoms with Crippen molar-refractivity contribution in [2.45, 2.75) is 25.2 Å². The van der Waals surface area contributed by atoms with Crippen molar-refractivity contribution in [3.8, 4) is 0 Å². The first-order chi connectivity index (χ1) is 12.7. The largest absolute Gasteiger partial charge is 0.337 e. The van der Waals surface area contributed by atoms with Gasteiger partial charge in [-0.3, -0.25) is 14.7 Å². The topological polar surface area (TPSA) is 108 Å². The van der Waals surface area contributed by atoms with Gasteiger partial charge in [-0.2, -0.15) is 9.40 Å². The summed E-state index contributed by atoms with van der Waals surface area (Å²) in [4.78, 5) is 26.7. The molecule has 1 saturated heterocycles. The maximum atomic E-state index is 13.0. The molecule has 9 nitrogen and oxygen atoms in total. The van der Waals surface area contributed by atoms with Crippen LogP contribution in [0.15, 0.2) is 28.0 Å². The number of sulfonamides is 1. The van der Waals surface area contributed by atoms with Crippen molar-refractivity contribution in [3.05, 3.63) is 45.6 Å². The predicted molar refractivity (Wildman–Crippen MR) is 99.0 cm³/mol. The molecule has 10 heteroatoms. The number of aromatic amines is 1. The van der Waals surface area contributed by atoms with Crippen LogP contribution in [0.4, 0.5) is 0 Å². The summed E-state index contributed by atoms with van der Waals surface area (Å²) in [6, 6.07) is 3.15. The molecule has 3 heterocycles. The zero-order valence-corrected chi connectivity index (χ0v) is 16.4. The third kappa shape index (κ3) is 3.54. The molecular formula is C17H23N5O4S. The lowest BCUT2D eigenvalue weighted by atomic mass is 10.2. The van der Waals surface area contributed by atoms with Crippen molar-refractivity contribution in [1.82, 2.24) is 24.0 Å². The molecule has 3 rings (SSSR count). The Morgan fingerprint density at radius 1 is 1.19 bits per heavy atom. The van der Waals surface area contributed by atoms with E-state index in [1.54, 1.807) is 38.1 Å². The summed E-state index contributed by atoms with van der Waals surface area (Å²) >= 11 is 0. The number of H-pyrrole nitrogens is 1. The first-order valence-corrected chi connectivity index (χ1v) is 10.1. The van der Waals surface area contributed by atoms with Gasteiger partial charge in [0.15, 0.2) is 0 Å². The molecule has 0 atom stereocenters. The average Bonchev–Trinajstić information content (AvgIpc) is 2.83. The summed E-state index contributed by atoms with van der Waals surface area (Å²) in [7, 11) is -2.11. The molecular weight excluding hydrogens is 370 g/mol. The van der Waals surface area contributed by atoms with E-state index < -0.39 is 10.0 Å². The van der Waals surface area contributed by atoms with Crippen LogP contribution in [-0.2, 0) is 17.1 Å². The van der Waals surface area contributed by atoms with Gasteiger partial charge in [-0.05, 0) is 32.4 Å². The van der Waals surface area contributed by atoms with E-state index in [0.29, 0.717) is 30.9 Å². The molecule has 0 bridgehead atoms. The maximum Gasteiger partial charge on any atom is 0.263 e. The van der Waals surface area contributed by atoms with Gasteiger partial charge in [-0.1, -0.05) is 0 Å². The van der Waals surface area contributed by atoms with E-state index in [1.807, 2.05) is 0 Å². The van der Waals surface area contributed by atoms with Gasteiger partial charge >= 0.3 is 0 Å². The third-order valence-corrected chi connectivity index (χ3v) is 6.92. The maximum absolute atomic E-state index is 13.0. The van der Waals surface area contributed by atoms with Crippen molar-refractivity contribution >= 4 is 15.9 Å². The minimum atomic E-state index is -3.70. The van der Waals surface area contributed by atoms with Crippen molar-refractivity contribution < 1.29 is 13.2 Å². The molecule has 0 saturated carbocycles. The number of nitrogens with one attached hydrogen (secondary N) is 1. The highest BCUT2D eigenvalue weighted by Crippen LogP contribution is 2.23. The van der Waals surface area contributed by atoms with Gasteiger partial charge in [0.2, 0.25) is 10.0 Å². The monoisotopic (exact) mass is 393 g/mol. The van der Waals surface area contributed by atoms with Gasteiger partial charge in [0.1, 0.15) is 10.5 Å². The van der Waals surface area contributed by atoms with Crippen LogP contribution in [0, 0.1) is 13.8 Å². The van der Waals surface area contributed by atoms with Gasteiger partial charge in [-0.15, -0.1) is 0 Å². The molecule has 1 N–H and O–H groups in total. The summed E-state index contributed by atoms with van der Waals surface area (Å²) in [6.07, 6.45) is 2.08. The Kier molecular flexibility index (Phi) is 5.20. The van der Waals surface area contributed by atoms with Crippen LogP contribution in [0.1, 0.15) is 28.2 Å². The predicted octanol–water partition coefficient (Wildman–Crippen LogP) is 0.262. The minimum absolute atomic E-state index is 0.0952. The molecule has 2 aromatic heterocycles. The van der Waals surface area contributed by atoms with Gasteiger partial charge in [0.25, 0.3) is 11.5 Å². The fourth-order valence-corrected chi connectivity index (χ4v) is 5.12. The van der Waals surface area contributed by atoms with Gasteiger partial charge < -0.3 is 9.47 Å². The lowest BCUT2D eigenvalue weighted by molar-refractivity contribution is 0.0762. The van der Waals surface area contributed by atoms with Crippen LogP contribution in [-0.4, -0.2) is 64.5 Å². The van der Waals surface area contributed by atoms with Crippen LogP contribution >= 0.6 is 0 Å². The SMILES string of the molecule is Cc1n[nH]c(C)c1S(=O)(=O)N1CCCN(C(=O)c2cccn(C)c2=O)CC1. The molecule has 0 spiro atoms. The molecule has 2 aromatic rings. The molecule has 1 aliphatic heterocycles. The number of amides is 1. The van der Waals surface area contributed by atoms with E-state index in [-0.39, 0.29) is 35.0 Å². The second-order valence-electron chi connectivity index (χ2n) is 6.65. The van der Waals surface area contributed by atoms with Gasteiger partial charge in [0, 0.05) is 39.4 Å². The van der Waals surface area contributed by atoms with Crippen LogP contribution in [0.5, 0.6) is 0 Å². The summed E-state index contributed by atoms with van der Waals surface area (Å²) in [6.45, 7) is 4.42. The first-order valence-electron chi connectivity index (χ1n) is 8.70. The second kappa shape index (κ2) is 7.28. The van der Waals surface area contributed by atoms with Gasteiger partial charge in [0.05, 0.1) is 11.4 Å². The highest BCUT2D eigenvalue weighted by atomic mass is 32.2. The van der Waals surface area contributed by atoms with Crippen molar-refractivity contribution in [1.29, 1.82) is 0 Å². The minimum Gasteiger partial charge on any atom is -0.337 e. The fraction of sp³-hybridized carbons (Fsp3) is 0.471. The lowest BCUT2D eigenvalue weighted by Crippen LogP contribution is -2.39. The highest BCUT2D eigenvalue weighted by Gasteiger charge is 2.32. The number of carbonyl (C=O) groups is 1. The number of rotatable bonds is 3. The van der Waals surface area contributed by atoms with Crippen molar-refractivity contribution in [2.24, 2.45) is 7.05 Å². The zero-order valence-electron chi connectivity index (χ0n) is 15.6. The van der Waals surface area contributed by atoms with E-state index >= 15 is 0 Å². The Labute approximate surface area is 157 Å². The van der Waals surface area contributed by atoms with E-state index in [2.05, 4.69) is 10.2 Å². The van der Waals surface area contributed by atoms with E-state index in [0.717, 1.165) is 0 Å². The molecule has 146 valence electrons. The van der Waals surface area contributed by atoms with Crippen LogP contribution in [0.3, 0.4) is 0 Å². The van der Waals surface area contributed by atoms with Crippen LogP contribution < -0.4 is 5.56 Å². The number of hydrogen-bond donors (Lipinski definition) is 1. The molecule has 1 fully saturated rings. The number of hydrogen-bond acceptors (Lipinski definition) is 5. The molecule has 0 radical (unpaired) electrons. The van der Waals surface area contributed by atoms with E-state index in [9.17, 15) is 18.0 Å². The van der Waals surface area contributed by atoms with Gasteiger partial charge in [-0.25, -0.2) is 8.42 Å². The molecule has 0 aliphatic carbocycles. The smallest absolute Gasteiger partial charge is 0.263 e. The average molecular weight is 393 g/mol. The summed E-state index contributed by atoms with van der Waals surface area (Å²) in [5.41, 5.74) is 0.661. The van der Waals surface area contributed by atoms with Crippen molar-refractivity contribution in [3.63, 3.8) is 0 Å². The highest BCUT2D eigenvalue weighted by molar-refractivity contribution is 7.89. The van der Waals surface area contributed by atoms with Crippen LogP contribution in [0.2, 0.25) is 0 Å². The molecule has 1 aliphatic rings. The third-order valence-electron chi connectivity index (χ3n) is 4.75. The summed E-state index contributed by atoms with van der Waals surface area (Å²) < 4.78 is 28.7. The molecule has 0 aromatic carbocycles. The number of aromatic nitrogens is 3. The number of nitrogens with zero attached hydrogens (tertiary/aromatic N) is 4. The number of aryl methyl sites for hydroxylation is 3. The van der Waals surface area contributed by atoms with E-state index in [4.69, 9.17) is 0 Å². The molecule has 1 amide bonds. The first kappa shape index (κ1) is 19.3. The molecule has 27 heavy (non-hydrogen) atoms. The Morgan fingerprint density at radius 2 is 1.93 bits per heavy atom. The Balaban J connectivity index is 1.81. The summed E-state index contributed by atoms with van der Waals surface area (Å²) in [5.74, 6) is -0.369. The fourth-order valence-electron chi connectivity index (χ4n) is 3.32. The number of pyridine rings is 1. The van der Waals surface area contributed by atoms with Crippen LogP contribution in [0.25, 0.3) is 0 Å². The Bertz CT molecular complexity index is 1000. The standard InChI is InChI=1S/C17H23N5O4S/c1-12-15(13(2)19-18-12)27(25,26)22-9-5-8-21(10-11-22)17(24)14-6-4-7-20(3)16(14)23/h4,6-7H,5,8-11H2,1-3H3,(H,18,19). The lowest BCUT2D eigenvalue weighted by Gasteiger charge is -2.22.